The van der Waals surface area contributed by atoms with E-state index in [0.717, 1.165) is 31.2 Å². The number of H-pyrrole nitrogens is 1. The number of hydrogen-bond acceptors (Lipinski definition) is 5. The van der Waals surface area contributed by atoms with Crippen molar-refractivity contribution in [3.8, 4) is 0 Å². The van der Waals surface area contributed by atoms with Gasteiger partial charge in [-0.15, -0.1) is 0 Å². The van der Waals surface area contributed by atoms with Gasteiger partial charge in [-0.05, 0) is 38.4 Å². The second-order valence-electron chi connectivity index (χ2n) is 6.27. The van der Waals surface area contributed by atoms with E-state index in [1.807, 2.05) is 18.6 Å². The van der Waals surface area contributed by atoms with Crippen molar-refractivity contribution in [2.45, 2.75) is 56.0 Å². The maximum Gasteiger partial charge on any atom is 0.187 e. The Morgan fingerprint density at radius 1 is 1.30 bits per heavy atom. The summed E-state index contributed by atoms with van der Waals surface area (Å²) in [5, 5.41) is 8.63. The molecule has 0 bridgehead atoms. The second kappa shape index (κ2) is 7.93. The molecule has 0 amide bonds. The molecule has 23 heavy (non-hydrogen) atoms. The van der Waals surface area contributed by atoms with E-state index in [-0.39, 0.29) is 0 Å². The SMILES string of the molecule is CCC(C)Sc1ncc(CN2CCC(c3ccn[nH]3)CC2)cn1. The van der Waals surface area contributed by atoms with Gasteiger partial charge in [-0.25, -0.2) is 9.97 Å². The normalized spacial score (nSPS) is 18.2. The van der Waals surface area contributed by atoms with Crippen LogP contribution in [0, 0.1) is 0 Å². The number of aromatic nitrogens is 4. The molecule has 0 aliphatic carbocycles. The zero-order valence-electron chi connectivity index (χ0n) is 13.9. The molecule has 3 rings (SSSR count). The second-order valence-corrected chi connectivity index (χ2v) is 7.68. The van der Waals surface area contributed by atoms with Crippen LogP contribution < -0.4 is 0 Å². The van der Waals surface area contributed by atoms with Gasteiger partial charge in [0, 0.05) is 47.6 Å². The minimum absolute atomic E-state index is 0.572. The fraction of sp³-hybridized carbons (Fsp3) is 0.588. The highest BCUT2D eigenvalue weighted by molar-refractivity contribution is 7.99. The first-order valence-corrected chi connectivity index (χ1v) is 9.31. The van der Waals surface area contributed by atoms with E-state index in [2.05, 4.69) is 45.0 Å². The van der Waals surface area contributed by atoms with Gasteiger partial charge in [0.2, 0.25) is 0 Å². The average Bonchev–Trinajstić information content (AvgIpc) is 3.12. The number of piperidine rings is 1. The number of rotatable bonds is 6. The predicted molar refractivity (Wildman–Crippen MR) is 93.5 cm³/mol. The zero-order valence-corrected chi connectivity index (χ0v) is 14.7. The molecule has 1 fully saturated rings. The highest BCUT2D eigenvalue weighted by Crippen LogP contribution is 2.27. The average molecular weight is 331 g/mol. The van der Waals surface area contributed by atoms with Gasteiger partial charge in [0.15, 0.2) is 5.16 Å². The molecule has 0 spiro atoms. The molecule has 6 heteroatoms. The Balaban J connectivity index is 1.48. The number of aromatic amines is 1. The summed E-state index contributed by atoms with van der Waals surface area (Å²) in [6.07, 6.45) is 9.33. The first kappa shape index (κ1) is 16.5. The van der Waals surface area contributed by atoms with Crippen molar-refractivity contribution >= 4 is 11.8 Å². The number of nitrogens with one attached hydrogen (secondary N) is 1. The van der Waals surface area contributed by atoms with E-state index in [9.17, 15) is 0 Å². The molecule has 3 heterocycles. The Morgan fingerprint density at radius 3 is 2.65 bits per heavy atom. The Morgan fingerprint density at radius 2 is 2.04 bits per heavy atom. The maximum absolute atomic E-state index is 4.50. The van der Waals surface area contributed by atoms with Crippen LogP contribution in [0.1, 0.15) is 50.3 Å². The van der Waals surface area contributed by atoms with Crippen molar-refractivity contribution in [2.75, 3.05) is 13.1 Å². The summed E-state index contributed by atoms with van der Waals surface area (Å²) in [5.74, 6) is 0.624. The number of nitrogens with zero attached hydrogens (tertiary/aromatic N) is 4. The van der Waals surface area contributed by atoms with Gasteiger partial charge in [0.05, 0.1) is 0 Å². The van der Waals surface area contributed by atoms with Crippen molar-refractivity contribution < 1.29 is 0 Å². The molecule has 1 saturated heterocycles. The Hall–Kier alpha value is -1.40. The summed E-state index contributed by atoms with van der Waals surface area (Å²) in [6.45, 7) is 7.59. The molecule has 1 N–H and O–H groups in total. The molecule has 124 valence electrons. The molecule has 1 aliphatic rings. The minimum atomic E-state index is 0.572. The summed E-state index contributed by atoms with van der Waals surface area (Å²) in [4.78, 5) is 11.5. The third-order valence-corrected chi connectivity index (χ3v) is 5.68. The Bertz CT molecular complexity index is 576. The maximum atomic E-state index is 4.50. The summed E-state index contributed by atoms with van der Waals surface area (Å²) in [5.41, 5.74) is 2.48. The number of hydrogen-bond donors (Lipinski definition) is 1. The van der Waals surface area contributed by atoms with Crippen LogP contribution in [0.2, 0.25) is 0 Å². The van der Waals surface area contributed by atoms with Crippen LogP contribution in [0.4, 0.5) is 0 Å². The van der Waals surface area contributed by atoms with Gasteiger partial charge in [0.1, 0.15) is 0 Å². The topological polar surface area (TPSA) is 57.7 Å². The summed E-state index contributed by atoms with van der Waals surface area (Å²) >= 11 is 1.75. The molecular weight excluding hydrogens is 306 g/mol. The van der Waals surface area contributed by atoms with E-state index in [0.29, 0.717) is 11.2 Å². The number of thioether (sulfide) groups is 1. The highest BCUT2D eigenvalue weighted by atomic mass is 32.2. The minimum Gasteiger partial charge on any atom is -0.299 e. The third kappa shape index (κ3) is 4.54. The van der Waals surface area contributed by atoms with Crippen LogP contribution in [-0.4, -0.2) is 43.4 Å². The highest BCUT2D eigenvalue weighted by Gasteiger charge is 2.21. The molecule has 0 saturated carbocycles. The first-order chi connectivity index (χ1) is 11.2. The van der Waals surface area contributed by atoms with E-state index in [4.69, 9.17) is 0 Å². The van der Waals surface area contributed by atoms with Crippen molar-refractivity contribution in [2.24, 2.45) is 0 Å². The molecule has 1 unspecified atom stereocenters. The van der Waals surface area contributed by atoms with Gasteiger partial charge in [0.25, 0.3) is 0 Å². The molecule has 1 aliphatic heterocycles. The summed E-state index contributed by atoms with van der Waals surface area (Å²) < 4.78 is 0. The fourth-order valence-electron chi connectivity index (χ4n) is 2.90. The quantitative estimate of drug-likeness (QED) is 0.649. The first-order valence-electron chi connectivity index (χ1n) is 8.43. The van der Waals surface area contributed by atoms with Gasteiger partial charge in [-0.2, -0.15) is 5.10 Å². The van der Waals surface area contributed by atoms with Crippen LogP contribution in [0.25, 0.3) is 0 Å². The standard InChI is InChI=1S/C17H25N5S/c1-3-13(2)23-17-18-10-14(11-19-17)12-22-8-5-15(6-9-22)16-4-7-20-21-16/h4,7,10-11,13,15H,3,5-6,8-9,12H2,1-2H3,(H,20,21). The van der Waals surface area contributed by atoms with Crippen LogP contribution in [0.5, 0.6) is 0 Å². The van der Waals surface area contributed by atoms with Crippen molar-refractivity contribution in [1.82, 2.24) is 25.1 Å². The van der Waals surface area contributed by atoms with Crippen LogP contribution in [-0.2, 0) is 6.54 Å². The lowest BCUT2D eigenvalue weighted by atomic mass is 9.93. The van der Waals surface area contributed by atoms with Gasteiger partial charge in [-0.3, -0.25) is 10.00 Å². The van der Waals surface area contributed by atoms with E-state index in [1.165, 1.54) is 24.1 Å². The van der Waals surface area contributed by atoms with Gasteiger partial charge < -0.3 is 0 Å². The molecule has 1 atom stereocenters. The molecule has 0 aromatic carbocycles. The van der Waals surface area contributed by atoms with Crippen molar-refractivity contribution in [3.63, 3.8) is 0 Å². The largest absolute Gasteiger partial charge is 0.299 e. The van der Waals surface area contributed by atoms with Crippen LogP contribution in [0.15, 0.2) is 29.8 Å². The molecule has 5 nitrogen and oxygen atoms in total. The molecule has 2 aromatic heterocycles. The lowest BCUT2D eigenvalue weighted by Crippen LogP contribution is -2.32. The molecule has 0 radical (unpaired) electrons. The summed E-state index contributed by atoms with van der Waals surface area (Å²) in [6, 6.07) is 2.10. The fourth-order valence-corrected chi connectivity index (χ4v) is 3.66. The zero-order chi connectivity index (χ0) is 16.1. The smallest absolute Gasteiger partial charge is 0.187 e. The molecular formula is C17H25N5S. The van der Waals surface area contributed by atoms with Crippen molar-refractivity contribution in [3.05, 3.63) is 35.9 Å². The van der Waals surface area contributed by atoms with E-state index >= 15 is 0 Å². The molecule has 2 aromatic rings. The lowest BCUT2D eigenvalue weighted by molar-refractivity contribution is 0.203. The van der Waals surface area contributed by atoms with Gasteiger partial charge in [-0.1, -0.05) is 25.6 Å². The third-order valence-electron chi connectivity index (χ3n) is 4.52. The Kier molecular flexibility index (Phi) is 5.67. The number of likely N-dealkylation sites (tertiary alicyclic amines) is 1. The van der Waals surface area contributed by atoms with Crippen LogP contribution in [0.3, 0.4) is 0 Å². The van der Waals surface area contributed by atoms with Crippen LogP contribution >= 0.6 is 11.8 Å². The van der Waals surface area contributed by atoms with E-state index in [1.54, 1.807) is 11.8 Å². The van der Waals surface area contributed by atoms with Crippen molar-refractivity contribution in [1.29, 1.82) is 0 Å². The monoisotopic (exact) mass is 331 g/mol. The van der Waals surface area contributed by atoms with Gasteiger partial charge >= 0.3 is 0 Å². The summed E-state index contributed by atoms with van der Waals surface area (Å²) in [7, 11) is 0. The predicted octanol–water partition coefficient (Wildman–Crippen LogP) is 3.47. The lowest BCUT2D eigenvalue weighted by Gasteiger charge is -2.31. The Labute approximate surface area is 142 Å². The van der Waals surface area contributed by atoms with E-state index < -0.39 is 0 Å².